The van der Waals surface area contributed by atoms with E-state index in [1.54, 1.807) is 0 Å². The van der Waals surface area contributed by atoms with Crippen molar-refractivity contribution in [3.63, 3.8) is 0 Å². The van der Waals surface area contributed by atoms with Crippen LogP contribution < -0.4 is 5.32 Å². The first-order chi connectivity index (χ1) is 8.56. The zero-order valence-electron chi connectivity index (χ0n) is 10.5. The standard InChI is InChI=1S/C9H14N2O7S/c1-5(12)19-4-6(7(13)14)10-8(15)9(2,3)18-11(16)17/h6H,4H2,1-3H3,(H,10,15)(H,13,14). The Morgan fingerprint density at radius 2 is 2.00 bits per heavy atom. The van der Waals surface area contributed by atoms with Gasteiger partial charge in [0.2, 0.25) is 0 Å². The summed E-state index contributed by atoms with van der Waals surface area (Å²) in [4.78, 5) is 47.6. The summed E-state index contributed by atoms with van der Waals surface area (Å²) in [5.74, 6) is -2.48. The lowest BCUT2D eigenvalue weighted by molar-refractivity contribution is -0.774. The molecule has 1 atom stereocenters. The van der Waals surface area contributed by atoms with Gasteiger partial charge in [-0.2, -0.15) is 0 Å². The SMILES string of the molecule is CC(=O)SCC(NC(=O)C(C)(C)O[N+](=O)[O-])C(=O)O. The predicted octanol–water partition coefficient (Wildman–Crippen LogP) is -0.178. The van der Waals surface area contributed by atoms with E-state index in [0.29, 0.717) is 0 Å². The van der Waals surface area contributed by atoms with Crippen LogP contribution in [-0.2, 0) is 19.2 Å². The minimum atomic E-state index is -1.82. The van der Waals surface area contributed by atoms with Gasteiger partial charge in [0, 0.05) is 12.7 Å². The Labute approximate surface area is 112 Å². The Kier molecular flexibility index (Phi) is 6.25. The molecule has 0 aliphatic carbocycles. The molecule has 9 nitrogen and oxygen atoms in total. The molecule has 0 radical (unpaired) electrons. The highest BCUT2D eigenvalue weighted by molar-refractivity contribution is 8.13. The number of nitrogens with zero attached hydrogens (tertiary/aromatic N) is 1. The van der Waals surface area contributed by atoms with Gasteiger partial charge in [0.1, 0.15) is 6.04 Å². The molecule has 0 saturated heterocycles. The number of hydrogen-bond acceptors (Lipinski definition) is 7. The fraction of sp³-hybridized carbons (Fsp3) is 0.667. The molecule has 0 aromatic rings. The first-order valence-electron chi connectivity index (χ1n) is 5.07. The van der Waals surface area contributed by atoms with E-state index in [-0.39, 0.29) is 10.9 Å². The maximum Gasteiger partial charge on any atom is 0.327 e. The lowest BCUT2D eigenvalue weighted by Gasteiger charge is -2.23. The summed E-state index contributed by atoms with van der Waals surface area (Å²) in [5, 5.41) is 19.7. The van der Waals surface area contributed by atoms with Crippen LogP contribution in [0.15, 0.2) is 0 Å². The van der Waals surface area contributed by atoms with E-state index in [0.717, 1.165) is 25.6 Å². The normalized spacial score (nSPS) is 12.4. The number of carboxylic acid groups (broad SMARTS) is 1. The van der Waals surface area contributed by atoms with Crippen molar-refractivity contribution < 1.29 is 29.4 Å². The molecular formula is C9H14N2O7S. The molecule has 0 heterocycles. The van der Waals surface area contributed by atoms with Crippen LogP contribution in [0.4, 0.5) is 0 Å². The van der Waals surface area contributed by atoms with Crippen molar-refractivity contribution in [1.82, 2.24) is 5.32 Å². The third-order valence-electron chi connectivity index (χ3n) is 1.91. The fourth-order valence-corrected chi connectivity index (χ4v) is 1.56. The minimum Gasteiger partial charge on any atom is -0.480 e. The van der Waals surface area contributed by atoms with E-state index in [2.05, 4.69) is 10.2 Å². The second-order valence-electron chi connectivity index (χ2n) is 3.99. The topological polar surface area (TPSA) is 136 Å². The van der Waals surface area contributed by atoms with Crippen LogP contribution in [0.25, 0.3) is 0 Å². The number of carbonyl (C=O) groups is 3. The molecule has 19 heavy (non-hydrogen) atoms. The average Bonchev–Trinajstić information content (AvgIpc) is 2.20. The van der Waals surface area contributed by atoms with Gasteiger partial charge in [0.05, 0.1) is 0 Å². The average molecular weight is 294 g/mol. The Hall–Kier alpha value is -1.84. The van der Waals surface area contributed by atoms with E-state index in [1.807, 2.05) is 0 Å². The smallest absolute Gasteiger partial charge is 0.327 e. The molecule has 0 saturated carbocycles. The minimum absolute atomic E-state index is 0.176. The molecule has 0 aromatic carbocycles. The van der Waals surface area contributed by atoms with Crippen LogP contribution in [0.1, 0.15) is 20.8 Å². The molecule has 0 aliphatic heterocycles. The fourth-order valence-electron chi connectivity index (χ4n) is 0.935. The maximum atomic E-state index is 11.7. The highest BCUT2D eigenvalue weighted by atomic mass is 32.2. The van der Waals surface area contributed by atoms with Gasteiger partial charge < -0.3 is 10.4 Å². The van der Waals surface area contributed by atoms with Crippen LogP contribution in [0.2, 0.25) is 0 Å². The monoisotopic (exact) mass is 294 g/mol. The zero-order chi connectivity index (χ0) is 15.2. The number of carbonyl (C=O) groups excluding carboxylic acids is 2. The summed E-state index contributed by atoms with van der Waals surface area (Å²) >= 11 is 0.725. The van der Waals surface area contributed by atoms with Crippen molar-refractivity contribution in [2.45, 2.75) is 32.4 Å². The molecule has 2 N–H and O–H groups in total. The number of thioether (sulfide) groups is 1. The van der Waals surface area contributed by atoms with Gasteiger partial charge in [-0.25, -0.2) is 4.79 Å². The van der Waals surface area contributed by atoms with E-state index in [9.17, 15) is 24.5 Å². The second-order valence-corrected chi connectivity index (χ2v) is 5.19. The molecule has 1 amide bonds. The van der Waals surface area contributed by atoms with E-state index in [1.165, 1.54) is 6.92 Å². The van der Waals surface area contributed by atoms with Crippen molar-refractivity contribution in [1.29, 1.82) is 0 Å². The Balaban J connectivity index is 4.66. The maximum absolute atomic E-state index is 11.7. The highest BCUT2D eigenvalue weighted by Crippen LogP contribution is 2.11. The van der Waals surface area contributed by atoms with E-state index < -0.39 is 28.6 Å². The predicted molar refractivity (Wildman–Crippen MR) is 64.9 cm³/mol. The van der Waals surface area contributed by atoms with Gasteiger partial charge in [-0.3, -0.25) is 14.4 Å². The van der Waals surface area contributed by atoms with Crippen LogP contribution in [0.3, 0.4) is 0 Å². The van der Waals surface area contributed by atoms with Gasteiger partial charge in [0.15, 0.2) is 10.7 Å². The number of aliphatic carboxylic acids is 1. The van der Waals surface area contributed by atoms with Gasteiger partial charge in [0.25, 0.3) is 11.0 Å². The van der Waals surface area contributed by atoms with E-state index >= 15 is 0 Å². The number of hydrogen-bond donors (Lipinski definition) is 2. The first kappa shape index (κ1) is 17.2. The van der Waals surface area contributed by atoms with Crippen molar-refractivity contribution >= 4 is 28.8 Å². The van der Waals surface area contributed by atoms with E-state index in [4.69, 9.17) is 5.11 Å². The number of amides is 1. The molecule has 0 fully saturated rings. The Morgan fingerprint density at radius 3 is 2.37 bits per heavy atom. The molecule has 0 aromatic heterocycles. The molecule has 0 bridgehead atoms. The van der Waals surface area contributed by atoms with Crippen molar-refractivity contribution in [3.05, 3.63) is 10.1 Å². The molecule has 0 rings (SSSR count). The molecule has 108 valence electrons. The highest BCUT2D eigenvalue weighted by Gasteiger charge is 2.35. The zero-order valence-corrected chi connectivity index (χ0v) is 11.4. The molecular weight excluding hydrogens is 280 g/mol. The molecule has 0 aliphatic rings. The third kappa shape index (κ3) is 6.60. The van der Waals surface area contributed by atoms with Crippen LogP contribution in [0, 0.1) is 10.1 Å². The lowest BCUT2D eigenvalue weighted by Crippen LogP contribution is -2.52. The van der Waals surface area contributed by atoms with Gasteiger partial charge in [-0.1, -0.05) is 11.8 Å². The molecule has 10 heteroatoms. The lowest BCUT2D eigenvalue weighted by atomic mass is 10.1. The van der Waals surface area contributed by atoms with Crippen LogP contribution >= 0.6 is 11.8 Å². The first-order valence-corrected chi connectivity index (χ1v) is 6.05. The van der Waals surface area contributed by atoms with Crippen LogP contribution in [0.5, 0.6) is 0 Å². The Bertz CT molecular complexity index is 396. The van der Waals surface area contributed by atoms with Crippen molar-refractivity contribution in [2.24, 2.45) is 0 Å². The molecule has 0 spiro atoms. The summed E-state index contributed by atoms with van der Waals surface area (Å²) in [6.07, 6.45) is 0. The summed E-state index contributed by atoms with van der Waals surface area (Å²) < 4.78 is 0. The van der Waals surface area contributed by atoms with Gasteiger partial charge in [-0.15, -0.1) is 10.1 Å². The summed E-state index contributed by atoms with van der Waals surface area (Å²) in [7, 11) is 0. The number of nitrogens with one attached hydrogen (secondary N) is 1. The Morgan fingerprint density at radius 1 is 1.47 bits per heavy atom. The number of rotatable bonds is 7. The number of carboxylic acids is 1. The molecule has 1 unspecified atom stereocenters. The summed E-state index contributed by atoms with van der Waals surface area (Å²) in [6.45, 7) is 3.51. The third-order valence-corrected chi connectivity index (χ3v) is 2.81. The van der Waals surface area contributed by atoms with Crippen molar-refractivity contribution in [3.8, 4) is 0 Å². The summed E-state index contributed by atoms with van der Waals surface area (Å²) in [5.41, 5.74) is -1.82. The quantitative estimate of drug-likeness (QED) is 0.487. The largest absolute Gasteiger partial charge is 0.480 e. The second kappa shape index (κ2) is 6.92. The van der Waals surface area contributed by atoms with Gasteiger partial charge in [-0.05, 0) is 13.8 Å². The van der Waals surface area contributed by atoms with Crippen LogP contribution in [-0.4, -0.2) is 44.6 Å². The van der Waals surface area contributed by atoms with Crippen molar-refractivity contribution in [2.75, 3.05) is 5.75 Å². The summed E-state index contributed by atoms with van der Waals surface area (Å²) in [6, 6.07) is -1.34. The van der Waals surface area contributed by atoms with Gasteiger partial charge >= 0.3 is 5.97 Å².